The highest BCUT2D eigenvalue weighted by Gasteiger charge is 2.36. The highest BCUT2D eigenvalue weighted by Crippen LogP contribution is 2.32. The van der Waals surface area contributed by atoms with Gasteiger partial charge in [-0.3, -0.25) is 0 Å². The molecule has 1 aromatic heterocycles. The maximum Gasteiger partial charge on any atom is 0.134 e. The molecule has 110 valence electrons. The van der Waals surface area contributed by atoms with Crippen LogP contribution in [-0.2, 0) is 11.2 Å². The smallest absolute Gasteiger partial charge is 0.134 e. The van der Waals surface area contributed by atoms with Crippen LogP contribution in [0.5, 0.6) is 0 Å². The van der Waals surface area contributed by atoms with Crippen LogP contribution in [0.1, 0.15) is 38.9 Å². The molecule has 2 unspecified atom stereocenters. The van der Waals surface area contributed by atoms with Gasteiger partial charge in [0.2, 0.25) is 0 Å². The first-order valence-corrected chi connectivity index (χ1v) is 7.82. The van der Waals surface area contributed by atoms with Gasteiger partial charge < -0.3 is 15.0 Å². The molecular weight excluding hydrogens is 252 g/mol. The van der Waals surface area contributed by atoms with Gasteiger partial charge >= 0.3 is 0 Å². The number of fused-ring (bicyclic) bond motifs is 1. The predicted molar refractivity (Wildman–Crippen MR) is 80.3 cm³/mol. The zero-order valence-corrected chi connectivity index (χ0v) is 12.4. The van der Waals surface area contributed by atoms with E-state index < -0.39 is 0 Å². The summed E-state index contributed by atoms with van der Waals surface area (Å²) in [6.07, 6.45) is 4.92. The molecule has 1 N–H and O–H groups in total. The van der Waals surface area contributed by atoms with E-state index in [9.17, 15) is 0 Å². The molecule has 2 aliphatic rings. The third kappa shape index (κ3) is 2.59. The summed E-state index contributed by atoms with van der Waals surface area (Å²) in [7, 11) is 0. The number of anilines is 2. The molecule has 1 aliphatic heterocycles. The highest BCUT2D eigenvalue weighted by molar-refractivity contribution is 5.51. The molecule has 0 radical (unpaired) electrons. The van der Waals surface area contributed by atoms with Crippen LogP contribution in [0.4, 0.5) is 11.6 Å². The second-order valence-electron chi connectivity index (χ2n) is 5.51. The summed E-state index contributed by atoms with van der Waals surface area (Å²) in [6.45, 7) is 6.83. The van der Waals surface area contributed by atoms with Crippen LogP contribution in [0.2, 0.25) is 0 Å². The lowest BCUT2D eigenvalue weighted by Gasteiger charge is -2.38. The van der Waals surface area contributed by atoms with Gasteiger partial charge in [-0.15, -0.1) is 0 Å². The molecule has 0 aromatic carbocycles. The molecule has 2 fully saturated rings. The van der Waals surface area contributed by atoms with Crippen molar-refractivity contribution in [2.45, 2.75) is 51.7 Å². The van der Waals surface area contributed by atoms with E-state index in [1.54, 1.807) is 0 Å². The number of hydrogen-bond acceptors (Lipinski definition) is 5. The van der Waals surface area contributed by atoms with Crippen LogP contribution in [0.15, 0.2) is 6.07 Å². The lowest BCUT2D eigenvalue weighted by molar-refractivity contribution is 0.0253. The molecule has 0 bridgehead atoms. The van der Waals surface area contributed by atoms with Gasteiger partial charge in [0, 0.05) is 25.6 Å². The molecule has 1 aliphatic carbocycles. The molecule has 1 aromatic rings. The normalized spacial score (nSPS) is 25.6. The monoisotopic (exact) mass is 276 g/mol. The summed E-state index contributed by atoms with van der Waals surface area (Å²) < 4.78 is 5.89. The zero-order chi connectivity index (χ0) is 13.9. The fourth-order valence-corrected chi connectivity index (χ4v) is 3.27. The molecule has 3 rings (SSSR count). The van der Waals surface area contributed by atoms with E-state index >= 15 is 0 Å². The summed E-state index contributed by atoms with van der Waals surface area (Å²) in [5.74, 6) is 2.92. The first-order chi connectivity index (χ1) is 9.81. The van der Waals surface area contributed by atoms with Crippen LogP contribution in [0.25, 0.3) is 0 Å². The third-order valence-electron chi connectivity index (χ3n) is 4.21. The van der Waals surface area contributed by atoms with Crippen LogP contribution in [0.3, 0.4) is 0 Å². The van der Waals surface area contributed by atoms with Gasteiger partial charge in [-0.1, -0.05) is 6.92 Å². The summed E-state index contributed by atoms with van der Waals surface area (Å²) in [4.78, 5) is 11.7. The van der Waals surface area contributed by atoms with Crippen molar-refractivity contribution in [3.8, 4) is 0 Å². The Morgan fingerprint density at radius 2 is 2.25 bits per heavy atom. The van der Waals surface area contributed by atoms with Gasteiger partial charge in [-0.25, -0.2) is 9.97 Å². The average Bonchev–Trinajstić information content (AvgIpc) is 2.95. The molecular formula is C15H24N4O. The fourth-order valence-electron chi connectivity index (χ4n) is 3.27. The summed E-state index contributed by atoms with van der Waals surface area (Å²) in [6, 6.07) is 2.58. The van der Waals surface area contributed by atoms with Gasteiger partial charge in [0.1, 0.15) is 17.5 Å². The Hall–Kier alpha value is -1.36. The van der Waals surface area contributed by atoms with Crippen molar-refractivity contribution < 1.29 is 4.74 Å². The molecule has 20 heavy (non-hydrogen) atoms. The number of morpholine rings is 1. The van der Waals surface area contributed by atoms with Crippen LogP contribution >= 0.6 is 0 Å². The Bertz CT molecular complexity index is 465. The van der Waals surface area contributed by atoms with E-state index in [1.807, 2.05) is 0 Å². The minimum absolute atomic E-state index is 0.395. The van der Waals surface area contributed by atoms with Crippen molar-refractivity contribution in [3.63, 3.8) is 0 Å². The summed E-state index contributed by atoms with van der Waals surface area (Å²) >= 11 is 0. The average molecular weight is 276 g/mol. The predicted octanol–water partition coefficient (Wildman–Crippen LogP) is 2.23. The number of aromatic nitrogens is 2. The van der Waals surface area contributed by atoms with Gasteiger partial charge in [0.25, 0.3) is 0 Å². The van der Waals surface area contributed by atoms with Crippen LogP contribution < -0.4 is 10.2 Å². The molecule has 1 saturated carbocycles. The Kier molecular flexibility index (Phi) is 4.05. The second-order valence-corrected chi connectivity index (χ2v) is 5.51. The van der Waals surface area contributed by atoms with Crippen LogP contribution in [-0.4, -0.2) is 41.8 Å². The topological polar surface area (TPSA) is 50.3 Å². The fraction of sp³-hybridized carbons (Fsp3) is 0.733. The minimum atomic E-state index is 0.395. The van der Waals surface area contributed by atoms with Gasteiger partial charge in [0.15, 0.2) is 0 Å². The number of ether oxygens (including phenoxy) is 1. The number of hydrogen-bond donors (Lipinski definition) is 1. The third-order valence-corrected chi connectivity index (χ3v) is 4.21. The molecule has 2 atom stereocenters. The van der Waals surface area contributed by atoms with Crippen LogP contribution in [0, 0.1) is 0 Å². The van der Waals surface area contributed by atoms with Gasteiger partial charge in [-0.2, -0.15) is 0 Å². The van der Waals surface area contributed by atoms with E-state index in [0.717, 1.165) is 43.6 Å². The van der Waals surface area contributed by atoms with Crippen molar-refractivity contribution in [3.05, 3.63) is 11.9 Å². The Balaban J connectivity index is 1.89. The Morgan fingerprint density at radius 1 is 1.35 bits per heavy atom. The quantitative estimate of drug-likeness (QED) is 0.914. The number of nitrogens with zero attached hydrogens (tertiary/aromatic N) is 3. The molecule has 5 heteroatoms. The first kappa shape index (κ1) is 13.6. The van der Waals surface area contributed by atoms with E-state index in [2.05, 4.69) is 35.1 Å². The van der Waals surface area contributed by atoms with Crippen molar-refractivity contribution >= 4 is 11.6 Å². The van der Waals surface area contributed by atoms with Crippen molar-refractivity contribution in [2.75, 3.05) is 29.9 Å². The maximum atomic E-state index is 5.89. The minimum Gasteiger partial charge on any atom is -0.374 e. The number of rotatable bonds is 4. The number of aryl methyl sites for hydroxylation is 1. The van der Waals surface area contributed by atoms with E-state index in [-0.39, 0.29) is 0 Å². The molecule has 2 heterocycles. The lowest BCUT2D eigenvalue weighted by atomic mass is 10.1. The number of nitrogens with one attached hydrogen (secondary N) is 1. The molecule has 0 amide bonds. The molecule has 1 saturated heterocycles. The largest absolute Gasteiger partial charge is 0.374 e. The van der Waals surface area contributed by atoms with Gasteiger partial charge in [0.05, 0.1) is 18.8 Å². The van der Waals surface area contributed by atoms with Crippen molar-refractivity contribution in [1.82, 2.24) is 9.97 Å². The zero-order valence-electron chi connectivity index (χ0n) is 12.4. The standard InChI is InChI=1S/C15H24N4O/c1-3-13-17-14(16-4-2)10-15(18-13)19-8-9-20-12-7-5-6-11(12)19/h10-12H,3-9H2,1-2H3,(H,16,17,18). The SMILES string of the molecule is CCNc1cc(N2CCOC3CCCC32)nc(CC)n1. The van der Waals surface area contributed by atoms with Crippen molar-refractivity contribution in [2.24, 2.45) is 0 Å². The molecule has 0 spiro atoms. The van der Waals surface area contributed by atoms with E-state index in [1.165, 1.54) is 19.3 Å². The van der Waals surface area contributed by atoms with E-state index in [0.29, 0.717) is 12.1 Å². The van der Waals surface area contributed by atoms with Gasteiger partial charge in [-0.05, 0) is 26.2 Å². The van der Waals surface area contributed by atoms with Crippen molar-refractivity contribution in [1.29, 1.82) is 0 Å². The lowest BCUT2D eigenvalue weighted by Crippen LogP contribution is -2.49. The van der Waals surface area contributed by atoms with E-state index in [4.69, 9.17) is 9.72 Å². The summed E-state index contributed by atoms with van der Waals surface area (Å²) in [5.41, 5.74) is 0. The summed E-state index contributed by atoms with van der Waals surface area (Å²) in [5, 5.41) is 3.31. The second kappa shape index (κ2) is 5.95. The molecule has 5 nitrogen and oxygen atoms in total. The Labute approximate surface area is 120 Å². The first-order valence-electron chi connectivity index (χ1n) is 7.82. The maximum absolute atomic E-state index is 5.89. The Morgan fingerprint density at radius 3 is 3.05 bits per heavy atom. The highest BCUT2D eigenvalue weighted by atomic mass is 16.5.